The molecule has 2 aliphatic carbocycles. The minimum atomic E-state index is -1.87. The van der Waals surface area contributed by atoms with E-state index in [0.717, 1.165) is 0 Å². The number of hydrogen-bond acceptors (Lipinski definition) is 12. The van der Waals surface area contributed by atoms with E-state index in [0.29, 0.717) is 11.1 Å². The Labute approximate surface area is 285 Å². The number of ether oxygens (including phenoxy) is 5. The molecule has 2 fully saturated rings. The number of aliphatic hydroxyl groups is 3. The average molecular weight is 686 g/mol. The summed E-state index contributed by atoms with van der Waals surface area (Å²) in [7, 11) is 1.26. The number of nitrogens with one attached hydrogen (secondary N) is 1. The molecule has 0 aliphatic heterocycles. The lowest BCUT2D eigenvalue weighted by molar-refractivity contribution is -0.191. The van der Waals surface area contributed by atoms with Gasteiger partial charge in [-0.25, -0.2) is 14.4 Å². The van der Waals surface area contributed by atoms with Gasteiger partial charge in [-0.1, -0.05) is 48.5 Å². The number of benzene rings is 2. The van der Waals surface area contributed by atoms with Gasteiger partial charge in [0.25, 0.3) is 0 Å². The van der Waals surface area contributed by atoms with E-state index in [2.05, 4.69) is 5.32 Å². The van der Waals surface area contributed by atoms with Crippen LogP contribution in [0.3, 0.4) is 0 Å². The molecule has 0 heterocycles. The van der Waals surface area contributed by atoms with E-state index >= 15 is 0 Å². The highest BCUT2D eigenvalue weighted by molar-refractivity contribution is 5.89. The first-order valence-electron chi connectivity index (χ1n) is 16.3. The van der Waals surface area contributed by atoms with Crippen molar-refractivity contribution in [2.75, 3.05) is 33.5 Å². The lowest BCUT2D eigenvalue weighted by Crippen LogP contribution is -2.54. The number of esters is 3. The van der Waals surface area contributed by atoms with Crippen LogP contribution in [0, 0.1) is 10.8 Å². The summed E-state index contributed by atoms with van der Waals surface area (Å²) in [5, 5.41) is 33.3. The predicted molar refractivity (Wildman–Crippen MR) is 174 cm³/mol. The number of alkyl carbamates (subject to hydrolysis) is 1. The molecule has 0 saturated heterocycles. The summed E-state index contributed by atoms with van der Waals surface area (Å²) in [6.07, 6.45) is -3.10. The number of rotatable bonds is 14. The molecule has 0 spiro atoms. The molecule has 1 amide bonds. The zero-order chi connectivity index (χ0) is 35.9. The van der Waals surface area contributed by atoms with Gasteiger partial charge >= 0.3 is 24.0 Å². The second kappa shape index (κ2) is 15.7. The third-order valence-corrected chi connectivity index (χ3v) is 8.90. The van der Waals surface area contributed by atoms with Gasteiger partial charge in [-0.2, -0.15) is 0 Å². The van der Waals surface area contributed by atoms with Gasteiger partial charge in [0.1, 0.15) is 17.3 Å². The molecule has 13 nitrogen and oxygen atoms in total. The van der Waals surface area contributed by atoms with Crippen molar-refractivity contribution >= 4 is 24.0 Å². The van der Waals surface area contributed by atoms with Crippen LogP contribution in [-0.2, 0) is 33.3 Å². The largest absolute Gasteiger partial charge is 0.469 e. The fourth-order valence-electron chi connectivity index (χ4n) is 7.05. The van der Waals surface area contributed by atoms with Gasteiger partial charge in [0.15, 0.2) is 6.10 Å². The number of amides is 1. The van der Waals surface area contributed by atoms with Crippen LogP contribution >= 0.6 is 0 Å². The quantitative estimate of drug-likeness (QED) is 0.168. The molecule has 0 aromatic heterocycles. The minimum absolute atomic E-state index is 0.0734. The molecule has 268 valence electrons. The number of methoxy groups -OCH3 is 1. The number of aliphatic hydroxyl groups excluding tert-OH is 3. The Morgan fingerprint density at radius 2 is 1.55 bits per heavy atom. The molecule has 6 atom stereocenters. The Morgan fingerprint density at radius 1 is 0.898 bits per heavy atom. The normalized spacial score (nSPS) is 25.0. The standard InChI is InChI=1S/C36H47NO12/c1-33(2,3)49-32(44)37-27(24-11-7-5-8-12-24)28(40)30(42)48-36-16-15-35(21-36,31(43)45-4)19-34(20-36,22-46-18-26(39)17-38)23-47-29(41)25-13-9-6-10-14-25/h5-14,26-28,38-40H,15-23H2,1-4H3,(H,37,44). The summed E-state index contributed by atoms with van der Waals surface area (Å²) in [5.74, 6) is -2.19. The molecule has 2 aliphatic rings. The lowest BCUT2D eigenvalue weighted by atomic mass is 9.61. The minimum Gasteiger partial charge on any atom is -0.469 e. The van der Waals surface area contributed by atoms with Crippen LogP contribution in [0.25, 0.3) is 0 Å². The number of carbonyl (C=O) groups is 4. The van der Waals surface area contributed by atoms with Crippen LogP contribution in [-0.4, -0.2) is 96.3 Å². The molecule has 0 radical (unpaired) electrons. The van der Waals surface area contributed by atoms with Gasteiger partial charge in [-0.3, -0.25) is 4.79 Å². The molecule has 2 aromatic rings. The van der Waals surface area contributed by atoms with Crippen molar-refractivity contribution in [2.45, 2.75) is 82.3 Å². The number of carbonyl (C=O) groups excluding carboxylic acids is 4. The lowest BCUT2D eigenvalue weighted by Gasteiger charge is -2.48. The van der Waals surface area contributed by atoms with E-state index in [1.54, 1.807) is 81.4 Å². The summed E-state index contributed by atoms with van der Waals surface area (Å²) in [6.45, 7) is 3.91. The van der Waals surface area contributed by atoms with Gasteiger partial charge in [-0.15, -0.1) is 0 Å². The van der Waals surface area contributed by atoms with Crippen molar-refractivity contribution in [1.29, 1.82) is 0 Å². The third kappa shape index (κ3) is 9.56. The molecule has 6 unspecified atom stereocenters. The van der Waals surface area contributed by atoms with Gasteiger partial charge in [0.05, 0.1) is 50.6 Å². The van der Waals surface area contributed by atoms with Crippen LogP contribution in [0.5, 0.6) is 0 Å². The second-order valence-electron chi connectivity index (χ2n) is 14.2. The molecule has 4 N–H and O–H groups in total. The number of hydrogen-bond donors (Lipinski definition) is 4. The summed E-state index contributed by atoms with van der Waals surface area (Å²) in [5.41, 5.74) is -3.69. The van der Waals surface area contributed by atoms with E-state index in [9.17, 15) is 34.5 Å². The highest BCUT2D eigenvalue weighted by atomic mass is 16.6. The van der Waals surface area contributed by atoms with Crippen molar-refractivity contribution < 1.29 is 58.2 Å². The maximum absolute atomic E-state index is 13.9. The van der Waals surface area contributed by atoms with Crippen molar-refractivity contribution in [3.05, 3.63) is 71.8 Å². The highest BCUT2D eigenvalue weighted by Crippen LogP contribution is 2.62. The van der Waals surface area contributed by atoms with Crippen molar-refractivity contribution in [2.24, 2.45) is 10.8 Å². The van der Waals surface area contributed by atoms with Gasteiger partial charge in [0.2, 0.25) is 0 Å². The van der Waals surface area contributed by atoms with Gasteiger partial charge in [-0.05, 0) is 64.2 Å². The fourth-order valence-corrected chi connectivity index (χ4v) is 7.05. The summed E-state index contributed by atoms with van der Waals surface area (Å²) in [6, 6.07) is 15.5. The van der Waals surface area contributed by atoms with Gasteiger partial charge in [0, 0.05) is 11.8 Å². The van der Waals surface area contributed by atoms with E-state index in [-0.39, 0.29) is 51.9 Å². The smallest absolute Gasteiger partial charge is 0.408 e. The van der Waals surface area contributed by atoms with Crippen LogP contribution in [0.15, 0.2) is 60.7 Å². The SMILES string of the molecule is COC(=O)C12CCC(OC(=O)C(O)C(NC(=O)OC(C)(C)C)c3ccccc3)(CC(COCC(O)CO)(COC(=O)c3ccccc3)C1)C2. The predicted octanol–water partition coefficient (Wildman–Crippen LogP) is 3.25. The number of fused-ring (bicyclic) bond motifs is 2. The van der Waals surface area contributed by atoms with Crippen molar-refractivity contribution in [3.63, 3.8) is 0 Å². The van der Waals surface area contributed by atoms with E-state index in [1.165, 1.54) is 7.11 Å². The summed E-state index contributed by atoms with van der Waals surface area (Å²) in [4.78, 5) is 53.1. The zero-order valence-corrected chi connectivity index (χ0v) is 28.4. The Bertz CT molecular complexity index is 1450. The molecule has 4 rings (SSSR count). The Balaban J connectivity index is 1.64. The van der Waals surface area contributed by atoms with E-state index in [1.807, 2.05) is 0 Å². The maximum Gasteiger partial charge on any atom is 0.408 e. The molecule has 49 heavy (non-hydrogen) atoms. The molecule has 2 aromatic carbocycles. The Morgan fingerprint density at radius 3 is 2.16 bits per heavy atom. The first-order valence-corrected chi connectivity index (χ1v) is 16.3. The van der Waals surface area contributed by atoms with Crippen molar-refractivity contribution in [3.8, 4) is 0 Å². The highest BCUT2D eigenvalue weighted by Gasteiger charge is 2.65. The molecule has 2 saturated carbocycles. The van der Waals surface area contributed by atoms with Crippen LogP contribution in [0.1, 0.15) is 74.8 Å². The van der Waals surface area contributed by atoms with E-state index < -0.39 is 70.9 Å². The zero-order valence-electron chi connectivity index (χ0n) is 28.4. The van der Waals surface area contributed by atoms with Crippen LogP contribution in [0.2, 0.25) is 0 Å². The van der Waals surface area contributed by atoms with E-state index in [4.69, 9.17) is 23.7 Å². The molecular formula is C36H47NO12. The molecule has 13 heteroatoms. The van der Waals surface area contributed by atoms with Gasteiger partial charge < -0.3 is 44.3 Å². The average Bonchev–Trinajstić information content (AvgIpc) is 3.36. The Hall–Kier alpha value is -4.04. The molecular weight excluding hydrogens is 638 g/mol. The first kappa shape index (κ1) is 37.8. The maximum atomic E-state index is 13.9. The van der Waals surface area contributed by atoms with Crippen LogP contribution in [0.4, 0.5) is 4.79 Å². The third-order valence-electron chi connectivity index (χ3n) is 8.90. The Kier molecular flexibility index (Phi) is 12.1. The van der Waals surface area contributed by atoms with Crippen molar-refractivity contribution in [1.82, 2.24) is 5.32 Å². The fraction of sp³-hybridized carbons (Fsp3) is 0.556. The molecule has 2 bridgehead atoms. The topological polar surface area (TPSA) is 187 Å². The summed E-state index contributed by atoms with van der Waals surface area (Å²) >= 11 is 0. The van der Waals surface area contributed by atoms with Crippen LogP contribution < -0.4 is 5.32 Å². The monoisotopic (exact) mass is 685 g/mol. The second-order valence-corrected chi connectivity index (χ2v) is 14.2. The summed E-state index contributed by atoms with van der Waals surface area (Å²) < 4.78 is 28.4. The first-order chi connectivity index (χ1) is 23.1.